The molecule has 1 rings (SSSR count). The van der Waals surface area contributed by atoms with E-state index >= 15 is 0 Å². The molecular weight excluding hydrogens is 214 g/mol. The first-order valence-corrected chi connectivity index (χ1v) is 6.77. The highest BCUT2D eigenvalue weighted by atomic mass is 16.3. The van der Waals surface area contributed by atoms with Gasteiger partial charge in [-0.15, -0.1) is 0 Å². The van der Waals surface area contributed by atoms with Gasteiger partial charge in [-0.2, -0.15) is 0 Å². The molecule has 2 N–H and O–H groups in total. The van der Waals surface area contributed by atoms with Gasteiger partial charge in [-0.1, -0.05) is 34.1 Å². The van der Waals surface area contributed by atoms with Crippen molar-refractivity contribution < 1.29 is 9.90 Å². The zero-order valence-electron chi connectivity index (χ0n) is 11.6. The highest BCUT2D eigenvalue weighted by molar-refractivity contribution is 5.79. The summed E-state index contributed by atoms with van der Waals surface area (Å²) in [5.41, 5.74) is 0.185. The number of carbonyl (C=O) groups is 1. The van der Waals surface area contributed by atoms with Gasteiger partial charge in [0.25, 0.3) is 0 Å². The molecule has 0 aromatic heterocycles. The van der Waals surface area contributed by atoms with Gasteiger partial charge in [0, 0.05) is 6.54 Å². The second kappa shape index (κ2) is 5.85. The van der Waals surface area contributed by atoms with Crippen molar-refractivity contribution in [2.75, 3.05) is 13.2 Å². The van der Waals surface area contributed by atoms with Crippen LogP contribution in [0.4, 0.5) is 0 Å². The third kappa shape index (κ3) is 3.70. The van der Waals surface area contributed by atoms with Gasteiger partial charge in [-0.3, -0.25) is 4.79 Å². The molecule has 1 aliphatic carbocycles. The zero-order chi connectivity index (χ0) is 13.1. The number of hydrogen-bond acceptors (Lipinski definition) is 2. The summed E-state index contributed by atoms with van der Waals surface area (Å²) in [4.78, 5) is 11.9. The van der Waals surface area contributed by atoms with Gasteiger partial charge >= 0.3 is 0 Å². The Bertz CT molecular complexity index is 257. The Labute approximate surface area is 105 Å². The lowest BCUT2D eigenvalue weighted by atomic mass is 9.67. The summed E-state index contributed by atoms with van der Waals surface area (Å²) in [6, 6.07) is 0. The van der Waals surface area contributed by atoms with Crippen LogP contribution in [-0.2, 0) is 4.79 Å². The van der Waals surface area contributed by atoms with Crippen LogP contribution in [0.15, 0.2) is 0 Å². The molecule has 1 amide bonds. The van der Waals surface area contributed by atoms with Crippen LogP contribution in [0.1, 0.15) is 47.0 Å². The first kappa shape index (κ1) is 14.5. The standard InChI is InChI=1S/C14H27NO2/c1-10(2)12(8-16)13(17)15-9-14(3,4)11-6-5-7-11/h10-12,16H,5-9H2,1-4H3,(H,15,17). The van der Waals surface area contributed by atoms with E-state index in [1.807, 2.05) is 13.8 Å². The molecule has 0 aromatic carbocycles. The minimum atomic E-state index is -0.271. The van der Waals surface area contributed by atoms with E-state index in [9.17, 15) is 9.90 Å². The number of nitrogens with one attached hydrogen (secondary N) is 1. The molecule has 1 atom stereocenters. The predicted molar refractivity (Wildman–Crippen MR) is 69.5 cm³/mol. The Kier molecular flexibility index (Phi) is 4.99. The minimum absolute atomic E-state index is 0.00472. The summed E-state index contributed by atoms with van der Waals surface area (Å²) in [5, 5.41) is 12.2. The molecule has 1 aliphatic rings. The van der Waals surface area contributed by atoms with Crippen LogP contribution in [0.2, 0.25) is 0 Å². The summed E-state index contributed by atoms with van der Waals surface area (Å²) in [6.07, 6.45) is 3.90. The van der Waals surface area contributed by atoms with E-state index in [0.29, 0.717) is 0 Å². The number of aliphatic hydroxyl groups excluding tert-OH is 1. The van der Waals surface area contributed by atoms with Crippen molar-refractivity contribution in [2.45, 2.75) is 47.0 Å². The number of carbonyl (C=O) groups excluding carboxylic acids is 1. The van der Waals surface area contributed by atoms with Crippen molar-refractivity contribution in [2.24, 2.45) is 23.2 Å². The minimum Gasteiger partial charge on any atom is -0.396 e. The maximum atomic E-state index is 11.9. The molecule has 0 radical (unpaired) electrons. The van der Waals surface area contributed by atoms with E-state index in [2.05, 4.69) is 19.2 Å². The largest absolute Gasteiger partial charge is 0.396 e. The van der Waals surface area contributed by atoms with Crippen LogP contribution >= 0.6 is 0 Å². The van der Waals surface area contributed by atoms with Gasteiger partial charge in [0.2, 0.25) is 5.91 Å². The average Bonchev–Trinajstić information content (AvgIpc) is 2.11. The van der Waals surface area contributed by atoms with Crippen LogP contribution in [0, 0.1) is 23.2 Å². The van der Waals surface area contributed by atoms with Crippen LogP contribution in [-0.4, -0.2) is 24.2 Å². The molecule has 1 fully saturated rings. The first-order valence-electron chi connectivity index (χ1n) is 6.77. The Morgan fingerprint density at radius 3 is 2.35 bits per heavy atom. The maximum Gasteiger partial charge on any atom is 0.225 e. The normalized spacial score (nSPS) is 18.9. The number of aliphatic hydroxyl groups is 1. The number of amides is 1. The van der Waals surface area contributed by atoms with Crippen molar-refractivity contribution in [3.63, 3.8) is 0 Å². The van der Waals surface area contributed by atoms with E-state index in [1.54, 1.807) is 0 Å². The van der Waals surface area contributed by atoms with Crippen LogP contribution in [0.3, 0.4) is 0 Å². The van der Waals surface area contributed by atoms with Gasteiger partial charge in [0.05, 0.1) is 12.5 Å². The Hall–Kier alpha value is -0.570. The number of rotatable bonds is 6. The van der Waals surface area contributed by atoms with E-state index in [4.69, 9.17) is 0 Å². The van der Waals surface area contributed by atoms with Crippen molar-refractivity contribution in [3.8, 4) is 0 Å². The highest BCUT2D eigenvalue weighted by Gasteiger charge is 2.34. The van der Waals surface area contributed by atoms with Crippen LogP contribution in [0.25, 0.3) is 0 Å². The lowest BCUT2D eigenvalue weighted by Gasteiger charge is -2.40. The summed E-state index contributed by atoms with van der Waals surface area (Å²) in [6.45, 7) is 9.04. The fourth-order valence-electron chi connectivity index (χ4n) is 2.38. The van der Waals surface area contributed by atoms with Crippen LogP contribution in [0.5, 0.6) is 0 Å². The highest BCUT2D eigenvalue weighted by Crippen LogP contribution is 2.41. The summed E-state index contributed by atoms with van der Waals surface area (Å²) in [7, 11) is 0. The Morgan fingerprint density at radius 2 is 2.00 bits per heavy atom. The summed E-state index contributed by atoms with van der Waals surface area (Å²) < 4.78 is 0. The molecule has 3 nitrogen and oxygen atoms in total. The molecule has 17 heavy (non-hydrogen) atoms. The fourth-order valence-corrected chi connectivity index (χ4v) is 2.38. The second-order valence-corrected chi connectivity index (χ2v) is 6.37. The second-order valence-electron chi connectivity index (χ2n) is 6.37. The average molecular weight is 241 g/mol. The van der Waals surface area contributed by atoms with Gasteiger partial charge in [-0.25, -0.2) is 0 Å². The molecule has 0 saturated heterocycles. The van der Waals surface area contributed by atoms with E-state index in [0.717, 1.165) is 12.5 Å². The van der Waals surface area contributed by atoms with Gasteiger partial charge in [-0.05, 0) is 30.1 Å². The molecule has 0 aromatic rings. The number of hydrogen-bond donors (Lipinski definition) is 2. The molecule has 0 heterocycles. The zero-order valence-corrected chi connectivity index (χ0v) is 11.6. The molecule has 1 unspecified atom stereocenters. The predicted octanol–water partition coefficient (Wildman–Crippen LogP) is 2.19. The third-order valence-corrected chi connectivity index (χ3v) is 4.27. The summed E-state index contributed by atoms with van der Waals surface area (Å²) in [5.74, 6) is 0.656. The Morgan fingerprint density at radius 1 is 1.41 bits per heavy atom. The lowest BCUT2D eigenvalue weighted by molar-refractivity contribution is -0.128. The van der Waals surface area contributed by atoms with Crippen molar-refractivity contribution in [1.29, 1.82) is 0 Å². The molecule has 0 aliphatic heterocycles. The van der Waals surface area contributed by atoms with Gasteiger partial charge in [0.1, 0.15) is 0 Å². The molecule has 3 heteroatoms. The van der Waals surface area contributed by atoms with Gasteiger partial charge < -0.3 is 10.4 Å². The lowest BCUT2D eigenvalue weighted by Crippen LogP contribution is -2.44. The smallest absolute Gasteiger partial charge is 0.225 e. The molecular formula is C14H27NO2. The van der Waals surface area contributed by atoms with Crippen molar-refractivity contribution in [3.05, 3.63) is 0 Å². The topological polar surface area (TPSA) is 49.3 Å². The monoisotopic (exact) mass is 241 g/mol. The van der Waals surface area contributed by atoms with E-state index < -0.39 is 0 Å². The quantitative estimate of drug-likeness (QED) is 0.749. The summed E-state index contributed by atoms with van der Waals surface area (Å²) >= 11 is 0. The van der Waals surface area contributed by atoms with E-state index in [-0.39, 0.29) is 29.8 Å². The van der Waals surface area contributed by atoms with Crippen molar-refractivity contribution in [1.82, 2.24) is 5.32 Å². The maximum absolute atomic E-state index is 11.9. The van der Waals surface area contributed by atoms with Crippen LogP contribution < -0.4 is 5.32 Å². The molecule has 1 saturated carbocycles. The fraction of sp³-hybridized carbons (Fsp3) is 0.929. The van der Waals surface area contributed by atoms with E-state index in [1.165, 1.54) is 19.3 Å². The molecule has 100 valence electrons. The third-order valence-electron chi connectivity index (χ3n) is 4.27. The van der Waals surface area contributed by atoms with Crippen molar-refractivity contribution >= 4 is 5.91 Å². The Balaban J connectivity index is 2.41. The molecule has 0 bridgehead atoms. The van der Waals surface area contributed by atoms with Gasteiger partial charge in [0.15, 0.2) is 0 Å². The SMILES string of the molecule is CC(C)C(CO)C(=O)NCC(C)(C)C1CCC1. The first-order chi connectivity index (χ1) is 7.88. The molecule has 0 spiro atoms.